The fraction of sp³-hybridized carbons (Fsp3) is 0.255. The summed E-state index contributed by atoms with van der Waals surface area (Å²) in [5.41, 5.74) is 4.93. The second-order valence-electron chi connectivity index (χ2n) is 15.2. The van der Waals surface area contributed by atoms with E-state index in [0.717, 1.165) is 38.9 Å². The van der Waals surface area contributed by atoms with Crippen LogP contribution in [0.1, 0.15) is 49.9 Å². The molecule has 1 saturated heterocycles. The van der Waals surface area contributed by atoms with Gasteiger partial charge in [0.05, 0.1) is 33.0 Å². The van der Waals surface area contributed by atoms with E-state index in [0.29, 0.717) is 25.4 Å². The van der Waals surface area contributed by atoms with Crippen LogP contribution in [0.2, 0.25) is 0 Å². The predicted molar refractivity (Wildman–Crippen MR) is 232 cm³/mol. The zero-order valence-corrected chi connectivity index (χ0v) is 34.0. The van der Waals surface area contributed by atoms with Gasteiger partial charge < -0.3 is 33.9 Å². The van der Waals surface area contributed by atoms with Crippen LogP contribution in [0.5, 0.6) is 5.75 Å². The third kappa shape index (κ3) is 9.84. The van der Waals surface area contributed by atoms with Gasteiger partial charge >= 0.3 is 0 Å². The normalized spacial score (nSPS) is 20.5. The molecule has 7 nitrogen and oxygen atoms in total. The van der Waals surface area contributed by atoms with Crippen LogP contribution in [-0.2, 0) is 51.8 Å². The fourth-order valence-corrected chi connectivity index (χ4v) is 8.84. The molecule has 1 aromatic heterocycles. The Morgan fingerprint density at radius 1 is 0.644 bits per heavy atom. The summed E-state index contributed by atoms with van der Waals surface area (Å²) in [6.45, 7) is 2.48. The lowest BCUT2D eigenvalue weighted by molar-refractivity contribution is -0.310. The Morgan fingerprint density at radius 2 is 1.20 bits per heavy atom. The van der Waals surface area contributed by atoms with E-state index in [4.69, 9.17) is 23.7 Å². The fourth-order valence-electron chi connectivity index (χ4n) is 7.75. The van der Waals surface area contributed by atoms with Gasteiger partial charge in [0.2, 0.25) is 0 Å². The Bertz CT molecular complexity index is 2340. The van der Waals surface area contributed by atoms with Gasteiger partial charge in [-0.25, -0.2) is 0 Å². The highest BCUT2D eigenvalue weighted by Crippen LogP contribution is 2.45. The van der Waals surface area contributed by atoms with Gasteiger partial charge in [0.25, 0.3) is 0 Å². The van der Waals surface area contributed by atoms with Crippen molar-refractivity contribution in [2.24, 2.45) is 0 Å². The molecule has 0 amide bonds. The standard InChI is InChI=1S/C51H50O7S/c1-36-26-45(55-31-38-18-8-3-9-19-38)44(29-42(36)28-43-27-41-24-14-15-25-46(41)59-43)48-49(56-32-39-20-10-4-11-21-39)50(57-33-40-22-12-5-13-23-40)51(53,35-52)47(58-48)34-54-30-37-16-6-2-7-17-37/h2-27,29,47-50,52-53H,28,30-35H2,1H3/t47-,48+,49+,50-,51?/m1/s1. The second-order valence-corrected chi connectivity index (χ2v) is 16.4. The Morgan fingerprint density at radius 3 is 1.81 bits per heavy atom. The summed E-state index contributed by atoms with van der Waals surface area (Å²) >= 11 is 1.79. The molecule has 302 valence electrons. The molecule has 0 saturated carbocycles. The van der Waals surface area contributed by atoms with Crippen molar-refractivity contribution in [3.8, 4) is 5.75 Å². The van der Waals surface area contributed by atoms with E-state index in [-0.39, 0.29) is 19.8 Å². The Kier molecular flexibility index (Phi) is 13.3. The number of hydrogen-bond acceptors (Lipinski definition) is 8. The summed E-state index contributed by atoms with van der Waals surface area (Å²) in [6.07, 6.45) is -3.04. The number of aliphatic hydroxyl groups excluding tert-OH is 1. The van der Waals surface area contributed by atoms with E-state index < -0.39 is 36.6 Å². The number of ether oxygens (including phenoxy) is 5. The van der Waals surface area contributed by atoms with Crippen molar-refractivity contribution < 1.29 is 33.9 Å². The maximum Gasteiger partial charge on any atom is 0.145 e. The Balaban J connectivity index is 1.22. The first-order chi connectivity index (χ1) is 29.0. The lowest BCUT2D eigenvalue weighted by atomic mass is 9.80. The summed E-state index contributed by atoms with van der Waals surface area (Å²) in [4.78, 5) is 1.24. The summed E-state index contributed by atoms with van der Waals surface area (Å²) < 4.78 is 35.0. The number of aryl methyl sites for hydroxylation is 1. The van der Waals surface area contributed by atoms with Crippen LogP contribution in [0.3, 0.4) is 0 Å². The highest BCUT2D eigenvalue weighted by atomic mass is 32.1. The van der Waals surface area contributed by atoms with Gasteiger partial charge in [-0.2, -0.15) is 0 Å². The number of benzene rings is 6. The van der Waals surface area contributed by atoms with Gasteiger partial charge in [-0.15, -0.1) is 11.3 Å². The monoisotopic (exact) mass is 806 g/mol. The average molecular weight is 807 g/mol. The molecule has 2 heterocycles. The smallest absolute Gasteiger partial charge is 0.145 e. The van der Waals surface area contributed by atoms with Crippen LogP contribution in [0.15, 0.2) is 164 Å². The molecule has 8 rings (SSSR count). The minimum atomic E-state index is -1.90. The van der Waals surface area contributed by atoms with Crippen molar-refractivity contribution in [3.63, 3.8) is 0 Å². The number of aliphatic hydroxyl groups is 2. The van der Waals surface area contributed by atoms with Crippen LogP contribution in [0.4, 0.5) is 0 Å². The molecule has 0 aliphatic carbocycles. The summed E-state index contributed by atoms with van der Waals surface area (Å²) in [5, 5.41) is 25.1. The molecular weight excluding hydrogens is 757 g/mol. The molecule has 1 aliphatic heterocycles. The summed E-state index contributed by atoms with van der Waals surface area (Å²) in [6, 6.07) is 54.6. The third-order valence-corrected chi connectivity index (χ3v) is 12.1. The quantitative estimate of drug-likeness (QED) is 0.0948. The largest absolute Gasteiger partial charge is 0.489 e. The van der Waals surface area contributed by atoms with Crippen molar-refractivity contribution in [1.82, 2.24) is 0 Å². The topological polar surface area (TPSA) is 86.6 Å². The Labute approximate surface area is 350 Å². The minimum Gasteiger partial charge on any atom is -0.489 e. The van der Waals surface area contributed by atoms with Gasteiger partial charge in [-0.05, 0) is 70.0 Å². The first-order valence-corrected chi connectivity index (χ1v) is 21.0. The molecule has 1 aliphatic rings. The van der Waals surface area contributed by atoms with Gasteiger partial charge in [-0.3, -0.25) is 0 Å². The number of rotatable bonds is 17. The average Bonchev–Trinajstić information content (AvgIpc) is 3.70. The van der Waals surface area contributed by atoms with E-state index in [1.165, 1.54) is 15.0 Å². The number of fused-ring (bicyclic) bond motifs is 1. The molecule has 8 heteroatoms. The second kappa shape index (κ2) is 19.3. The molecule has 59 heavy (non-hydrogen) atoms. The highest BCUT2D eigenvalue weighted by Gasteiger charge is 2.57. The van der Waals surface area contributed by atoms with Crippen LogP contribution in [0.25, 0.3) is 10.1 Å². The van der Waals surface area contributed by atoms with Crippen LogP contribution < -0.4 is 4.74 Å². The molecule has 2 N–H and O–H groups in total. The molecule has 1 unspecified atom stereocenters. The van der Waals surface area contributed by atoms with Crippen molar-refractivity contribution in [2.75, 3.05) is 13.2 Å². The van der Waals surface area contributed by atoms with Gasteiger partial charge in [0.15, 0.2) is 0 Å². The molecule has 6 aromatic carbocycles. The molecule has 0 spiro atoms. The maximum absolute atomic E-state index is 12.7. The first-order valence-electron chi connectivity index (χ1n) is 20.2. The number of thiophene rings is 1. The van der Waals surface area contributed by atoms with Crippen LogP contribution in [0, 0.1) is 6.92 Å². The number of hydrogen-bond donors (Lipinski definition) is 2. The summed E-state index contributed by atoms with van der Waals surface area (Å²) in [5.74, 6) is 0.643. The molecular formula is C51H50O7S. The summed E-state index contributed by atoms with van der Waals surface area (Å²) in [7, 11) is 0. The SMILES string of the molecule is Cc1cc(OCc2ccccc2)c([C@@H]2O[C@H](COCc3ccccc3)C(O)(CO)[C@H](OCc3ccccc3)[C@H]2OCc2ccccc2)cc1Cc1cc2ccccc2s1. The molecule has 0 bridgehead atoms. The van der Waals surface area contributed by atoms with Gasteiger partial charge in [0, 0.05) is 21.6 Å². The van der Waals surface area contributed by atoms with E-state index in [1.807, 2.05) is 121 Å². The van der Waals surface area contributed by atoms with Gasteiger partial charge in [0.1, 0.15) is 42.4 Å². The zero-order valence-electron chi connectivity index (χ0n) is 33.2. The maximum atomic E-state index is 12.7. The van der Waals surface area contributed by atoms with Crippen molar-refractivity contribution in [1.29, 1.82) is 0 Å². The van der Waals surface area contributed by atoms with E-state index in [2.05, 4.69) is 49.4 Å². The zero-order chi connectivity index (χ0) is 40.4. The van der Waals surface area contributed by atoms with E-state index in [9.17, 15) is 10.2 Å². The van der Waals surface area contributed by atoms with Crippen molar-refractivity contribution in [3.05, 3.63) is 208 Å². The Hall–Kier alpha value is -5.16. The minimum absolute atomic E-state index is 0.0141. The van der Waals surface area contributed by atoms with Crippen LogP contribution >= 0.6 is 11.3 Å². The van der Waals surface area contributed by atoms with E-state index >= 15 is 0 Å². The van der Waals surface area contributed by atoms with E-state index in [1.54, 1.807) is 11.3 Å². The predicted octanol–water partition coefficient (Wildman–Crippen LogP) is 9.93. The van der Waals surface area contributed by atoms with Crippen LogP contribution in [-0.4, -0.2) is 47.3 Å². The highest BCUT2D eigenvalue weighted by molar-refractivity contribution is 7.19. The molecule has 0 radical (unpaired) electrons. The first kappa shape index (κ1) is 40.6. The lowest BCUT2D eigenvalue weighted by Gasteiger charge is -2.51. The lowest BCUT2D eigenvalue weighted by Crippen LogP contribution is -2.67. The molecule has 5 atom stereocenters. The van der Waals surface area contributed by atoms with Crippen molar-refractivity contribution in [2.45, 2.75) is 69.8 Å². The van der Waals surface area contributed by atoms with Gasteiger partial charge in [-0.1, -0.05) is 140 Å². The molecule has 7 aromatic rings. The van der Waals surface area contributed by atoms with Crippen molar-refractivity contribution >= 4 is 21.4 Å². The third-order valence-electron chi connectivity index (χ3n) is 11.0. The molecule has 1 fully saturated rings.